The molecule has 118 valence electrons. The first-order chi connectivity index (χ1) is 10.2. The van der Waals surface area contributed by atoms with Crippen LogP contribution in [0.2, 0.25) is 0 Å². The molecule has 0 radical (unpaired) electrons. The molecule has 0 bridgehead atoms. The highest BCUT2D eigenvalue weighted by atomic mass is 16.7. The largest absolute Gasteiger partial charge is 0.494 e. The molecule has 0 atom stereocenters. The molecule has 2 heterocycles. The number of aliphatic hydroxyl groups is 1. The van der Waals surface area contributed by atoms with Gasteiger partial charge in [0, 0.05) is 13.5 Å². The van der Waals surface area contributed by atoms with Crippen LogP contribution >= 0.6 is 0 Å². The quantitative estimate of drug-likeness (QED) is 0.871. The lowest BCUT2D eigenvalue weighted by molar-refractivity contribution is 0.00578. The van der Waals surface area contributed by atoms with E-state index in [2.05, 4.69) is 38.7 Å². The molecular weight excluding hydrogens is 279 g/mol. The molecule has 1 aromatic carbocycles. The molecule has 0 spiro atoms. The van der Waals surface area contributed by atoms with Gasteiger partial charge in [-0.25, -0.2) is 4.98 Å². The predicted octanol–water partition coefficient (Wildman–Crippen LogP) is 1.41. The van der Waals surface area contributed by atoms with Gasteiger partial charge in [0.1, 0.15) is 5.82 Å². The van der Waals surface area contributed by atoms with E-state index in [-0.39, 0.29) is 24.9 Å². The van der Waals surface area contributed by atoms with E-state index in [4.69, 9.17) is 14.4 Å². The van der Waals surface area contributed by atoms with Crippen molar-refractivity contribution in [2.75, 3.05) is 6.61 Å². The van der Waals surface area contributed by atoms with Gasteiger partial charge in [-0.1, -0.05) is 6.07 Å². The van der Waals surface area contributed by atoms with Crippen molar-refractivity contribution < 1.29 is 14.4 Å². The molecule has 0 unspecified atom stereocenters. The van der Waals surface area contributed by atoms with Crippen LogP contribution in [0.3, 0.4) is 0 Å². The third-order valence-corrected chi connectivity index (χ3v) is 4.86. The molecule has 3 rings (SSSR count). The first kappa shape index (κ1) is 15.5. The molecule has 1 aliphatic heterocycles. The van der Waals surface area contributed by atoms with Gasteiger partial charge in [-0.15, -0.1) is 0 Å². The Morgan fingerprint density at radius 3 is 2.41 bits per heavy atom. The van der Waals surface area contributed by atoms with Crippen LogP contribution in [0.15, 0.2) is 18.2 Å². The molecule has 2 aromatic rings. The molecule has 1 aromatic heterocycles. The summed E-state index contributed by atoms with van der Waals surface area (Å²) in [5.74, 6) is 0.878. The maximum Gasteiger partial charge on any atom is 0.494 e. The zero-order valence-electron chi connectivity index (χ0n) is 13.9. The summed E-state index contributed by atoms with van der Waals surface area (Å²) in [6.45, 7) is 8.30. The molecule has 6 heteroatoms. The third kappa shape index (κ3) is 2.35. The summed E-state index contributed by atoms with van der Waals surface area (Å²) < 4.78 is 14.2. The lowest BCUT2D eigenvalue weighted by Gasteiger charge is -2.32. The second-order valence-electron chi connectivity index (χ2n) is 6.90. The smallest absolute Gasteiger partial charge is 0.399 e. The number of nitrogens with zero attached hydrogens (tertiary/aromatic N) is 2. The van der Waals surface area contributed by atoms with Gasteiger partial charge in [0.25, 0.3) is 0 Å². The van der Waals surface area contributed by atoms with Crippen LogP contribution in [-0.4, -0.2) is 39.6 Å². The maximum atomic E-state index is 9.12. The van der Waals surface area contributed by atoms with E-state index in [1.54, 1.807) is 0 Å². The number of hydrogen-bond acceptors (Lipinski definition) is 4. The molecule has 1 saturated heterocycles. The van der Waals surface area contributed by atoms with Crippen molar-refractivity contribution in [2.24, 2.45) is 7.05 Å². The Morgan fingerprint density at radius 2 is 1.82 bits per heavy atom. The SMILES string of the molecule is Cn1c(CCO)nc2ccc(B3OC(C)(C)C(C)(C)O3)cc21. The van der Waals surface area contributed by atoms with E-state index in [0.29, 0.717) is 6.42 Å². The molecule has 1 aliphatic rings. The van der Waals surface area contributed by atoms with E-state index < -0.39 is 0 Å². The van der Waals surface area contributed by atoms with Crippen molar-refractivity contribution in [1.29, 1.82) is 0 Å². The van der Waals surface area contributed by atoms with Crippen molar-refractivity contribution in [3.63, 3.8) is 0 Å². The summed E-state index contributed by atoms with van der Waals surface area (Å²) >= 11 is 0. The van der Waals surface area contributed by atoms with E-state index in [1.165, 1.54) is 0 Å². The molecule has 0 aliphatic carbocycles. The van der Waals surface area contributed by atoms with Crippen molar-refractivity contribution in [1.82, 2.24) is 9.55 Å². The number of benzene rings is 1. The van der Waals surface area contributed by atoms with Gasteiger partial charge in [-0.3, -0.25) is 0 Å². The van der Waals surface area contributed by atoms with Crippen molar-refractivity contribution in [2.45, 2.75) is 45.3 Å². The summed E-state index contributed by atoms with van der Waals surface area (Å²) in [6, 6.07) is 6.04. The van der Waals surface area contributed by atoms with Crippen molar-refractivity contribution >= 4 is 23.6 Å². The topological polar surface area (TPSA) is 56.5 Å². The highest BCUT2D eigenvalue weighted by molar-refractivity contribution is 6.62. The number of aromatic nitrogens is 2. The Morgan fingerprint density at radius 1 is 1.18 bits per heavy atom. The highest BCUT2D eigenvalue weighted by Gasteiger charge is 2.51. The summed E-state index contributed by atoms with van der Waals surface area (Å²) in [7, 11) is 1.60. The second-order valence-corrected chi connectivity index (χ2v) is 6.90. The predicted molar refractivity (Wildman–Crippen MR) is 87.2 cm³/mol. The first-order valence-electron chi connectivity index (χ1n) is 7.67. The fraction of sp³-hybridized carbons (Fsp3) is 0.562. The summed E-state index contributed by atoms with van der Waals surface area (Å²) in [6.07, 6.45) is 0.553. The van der Waals surface area contributed by atoms with Gasteiger partial charge < -0.3 is 19.0 Å². The average molecular weight is 302 g/mol. The van der Waals surface area contributed by atoms with Gasteiger partial charge in [-0.05, 0) is 45.3 Å². The summed E-state index contributed by atoms with van der Waals surface area (Å²) in [5.41, 5.74) is 2.24. The van der Waals surface area contributed by atoms with Crippen LogP contribution in [0, 0.1) is 0 Å². The molecule has 1 fully saturated rings. The maximum absolute atomic E-state index is 9.12. The Hall–Kier alpha value is -1.37. The monoisotopic (exact) mass is 302 g/mol. The summed E-state index contributed by atoms with van der Waals surface area (Å²) in [4.78, 5) is 4.55. The van der Waals surface area contributed by atoms with E-state index in [1.807, 2.05) is 23.7 Å². The molecular formula is C16H23BN2O3. The zero-order chi connectivity index (χ0) is 16.1. The number of hydrogen-bond donors (Lipinski definition) is 1. The Bertz CT molecular complexity index is 693. The standard InChI is InChI=1S/C16H23BN2O3/c1-15(2)16(3,4)22-17(21-15)11-6-7-12-13(10-11)19(5)14(18-12)8-9-20/h6-7,10,20H,8-9H2,1-5H3. The molecule has 0 amide bonds. The van der Waals surface area contributed by atoms with Gasteiger partial charge in [0.05, 0.1) is 28.8 Å². The Balaban J connectivity index is 1.98. The van der Waals surface area contributed by atoms with Gasteiger partial charge in [0.15, 0.2) is 0 Å². The molecule has 5 nitrogen and oxygen atoms in total. The van der Waals surface area contributed by atoms with Crippen molar-refractivity contribution in [3.05, 3.63) is 24.0 Å². The number of rotatable bonds is 3. The third-order valence-electron chi connectivity index (χ3n) is 4.86. The molecule has 0 saturated carbocycles. The lowest BCUT2D eigenvalue weighted by Crippen LogP contribution is -2.41. The molecule has 22 heavy (non-hydrogen) atoms. The lowest BCUT2D eigenvalue weighted by atomic mass is 9.79. The fourth-order valence-corrected chi connectivity index (χ4v) is 2.71. The number of imidazole rings is 1. The van der Waals surface area contributed by atoms with Crippen LogP contribution in [0.25, 0.3) is 11.0 Å². The first-order valence-corrected chi connectivity index (χ1v) is 7.67. The van der Waals surface area contributed by atoms with Gasteiger partial charge in [-0.2, -0.15) is 0 Å². The number of aryl methyl sites for hydroxylation is 1. The minimum atomic E-state index is -0.370. The van der Waals surface area contributed by atoms with E-state index in [0.717, 1.165) is 22.3 Å². The van der Waals surface area contributed by atoms with Gasteiger partial charge in [0.2, 0.25) is 0 Å². The van der Waals surface area contributed by atoms with Crippen LogP contribution in [-0.2, 0) is 22.8 Å². The summed E-state index contributed by atoms with van der Waals surface area (Å²) in [5, 5.41) is 9.12. The Labute approximate surface area is 131 Å². The number of fused-ring (bicyclic) bond motifs is 1. The average Bonchev–Trinajstić information content (AvgIpc) is 2.85. The van der Waals surface area contributed by atoms with Crippen molar-refractivity contribution in [3.8, 4) is 0 Å². The minimum absolute atomic E-state index is 0.0985. The van der Waals surface area contributed by atoms with Crippen LogP contribution in [0.4, 0.5) is 0 Å². The fourth-order valence-electron chi connectivity index (χ4n) is 2.71. The normalized spacial score (nSPS) is 20.0. The molecule has 1 N–H and O–H groups in total. The van der Waals surface area contributed by atoms with Crippen LogP contribution < -0.4 is 5.46 Å². The second kappa shape index (κ2) is 5.08. The van der Waals surface area contributed by atoms with Crippen LogP contribution in [0.1, 0.15) is 33.5 Å². The minimum Gasteiger partial charge on any atom is -0.399 e. The van der Waals surface area contributed by atoms with Gasteiger partial charge >= 0.3 is 7.12 Å². The van der Waals surface area contributed by atoms with E-state index >= 15 is 0 Å². The highest BCUT2D eigenvalue weighted by Crippen LogP contribution is 2.36. The number of aliphatic hydroxyl groups excluding tert-OH is 1. The van der Waals surface area contributed by atoms with Crippen LogP contribution in [0.5, 0.6) is 0 Å². The zero-order valence-corrected chi connectivity index (χ0v) is 13.9. The Kier molecular flexibility index (Phi) is 3.59. The van der Waals surface area contributed by atoms with E-state index in [9.17, 15) is 0 Å².